The molecule has 0 aliphatic heterocycles. The molecule has 0 unspecified atom stereocenters. The second-order valence-electron chi connectivity index (χ2n) is 14.3. The minimum Gasteiger partial charge on any atom is -0.456 e. The van der Waals surface area contributed by atoms with Gasteiger partial charge in [0.05, 0.1) is 5.41 Å². The highest BCUT2D eigenvalue weighted by Crippen LogP contribution is 2.63. The monoisotopic (exact) mass is 658 g/mol. The van der Waals surface area contributed by atoms with Gasteiger partial charge in [0.25, 0.3) is 0 Å². The lowest BCUT2D eigenvalue weighted by Gasteiger charge is -2.30. The highest BCUT2D eigenvalue weighted by Gasteiger charge is 2.51. The van der Waals surface area contributed by atoms with Crippen molar-refractivity contribution in [1.82, 2.24) is 0 Å². The molecule has 1 heterocycles. The fraction of sp³-hybridized carbons (Fsp3) is 0.0196. The van der Waals surface area contributed by atoms with E-state index in [4.69, 9.17) is 4.42 Å². The van der Waals surface area contributed by atoms with Gasteiger partial charge >= 0.3 is 0 Å². The molecule has 2 aliphatic carbocycles. The molecule has 240 valence electrons. The zero-order chi connectivity index (χ0) is 34.0. The minimum atomic E-state index is -0.385. The number of fused-ring (bicyclic) bond motifs is 15. The van der Waals surface area contributed by atoms with Crippen molar-refractivity contribution in [3.8, 4) is 44.5 Å². The highest BCUT2D eigenvalue weighted by atomic mass is 16.3. The van der Waals surface area contributed by atoms with Gasteiger partial charge in [0, 0.05) is 10.8 Å². The zero-order valence-corrected chi connectivity index (χ0v) is 28.2. The molecule has 0 saturated carbocycles. The topological polar surface area (TPSA) is 13.1 Å². The second-order valence-corrected chi connectivity index (χ2v) is 14.3. The molecule has 0 N–H and O–H groups in total. The molecule has 0 bridgehead atoms. The summed E-state index contributed by atoms with van der Waals surface area (Å²) in [4.78, 5) is 0. The Bertz CT molecular complexity index is 3020. The maximum absolute atomic E-state index is 6.24. The normalized spacial score (nSPS) is 13.5. The van der Waals surface area contributed by atoms with Gasteiger partial charge in [-0.15, -0.1) is 0 Å². The molecular weight excluding hydrogens is 629 g/mol. The summed E-state index contributed by atoms with van der Waals surface area (Å²) in [6.45, 7) is 0. The third-order valence-electron chi connectivity index (χ3n) is 11.9. The molecule has 9 aromatic carbocycles. The van der Waals surface area contributed by atoms with Crippen LogP contribution in [0.25, 0.3) is 88.0 Å². The SMILES string of the molecule is c1ccc2c(c1)-c1ccccc1C21c2ccccc2-c2ccc(-c3c4ccccc4c(-c4ccc5oc6ccccc6c5c4)c4ccccc34)cc21. The van der Waals surface area contributed by atoms with Crippen LogP contribution in [-0.4, -0.2) is 0 Å². The second kappa shape index (κ2) is 10.2. The summed E-state index contributed by atoms with van der Waals surface area (Å²) in [6.07, 6.45) is 0. The summed E-state index contributed by atoms with van der Waals surface area (Å²) in [6, 6.07) is 67.4. The highest BCUT2D eigenvalue weighted by molar-refractivity contribution is 6.22. The Morgan fingerprint density at radius 3 is 1.25 bits per heavy atom. The van der Waals surface area contributed by atoms with Crippen molar-refractivity contribution in [1.29, 1.82) is 0 Å². The molecule has 0 saturated heterocycles. The number of furan rings is 1. The van der Waals surface area contributed by atoms with Crippen LogP contribution < -0.4 is 0 Å². The lowest BCUT2D eigenvalue weighted by molar-refractivity contribution is 0.669. The van der Waals surface area contributed by atoms with Gasteiger partial charge in [-0.25, -0.2) is 0 Å². The van der Waals surface area contributed by atoms with Gasteiger partial charge in [0.2, 0.25) is 0 Å². The summed E-state index contributed by atoms with van der Waals surface area (Å²) in [5, 5.41) is 7.30. The lowest BCUT2D eigenvalue weighted by atomic mass is 9.70. The summed E-state index contributed by atoms with van der Waals surface area (Å²) >= 11 is 0. The summed E-state index contributed by atoms with van der Waals surface area (Å²) in [5.74, 6) is 0. The predicted octanol–water partition coefficient (Wildman–Crippen LogP) is 13.6. The van der Waals surface area contributed by atoms with Crippen molar-refractivity contribution in [2.24, 2.45) is 0 Å². The number of benzene rings is 9. The van der Waals surface area contributed by atoms with Gasteiger partial charge in [0.1, 0.15) is 11.2 Å². The average Bonchev–Trinajstić information content (AvgIpc) is 3.83. The number of hydrogen-bond acceptors (Lipinski definition) is 1. The fourth-order valence-corrected chi connectivity index (χ4v) is 9.88. The molecule has 1 spiro atoms. The van der Waals surface area contributed by atoms with E-state index in [0.717, 1.165) is 21.9 Å². The minimum absolute atomic E-state index is 0.385. The van der Waals surface area contributed by atoms with Crippen molar-refractivity contribution in [2.75, 3.05) is 0 Å². The molecule has 0 amide bonds. The van der Waals surface area contributed by atoms with Crippen molar-refractivity contribution < 1.29 is 4.42 Å². The molecule has 0 atom stereocenters. The first-order chi connectivity index (χ1) is 25.8. The van der Waals surface area contributed by atoms with E-state index >= 15 is 0 Å². The van der Waals surface area contributed by atoms with Gasteiger partial charge in [-0.3, -0.25) is 0 Å². The van der Waals surface area contributed by atoms with Crippen LogP contribution in [0.3, 0.4) is 0 Å². The number of para-hydroxylation sites is 1. The van der Waals surface area contributed by atoms with E-state index in [1.807, 2.05) is 6.07 Å². The molecule has 10 aromatic rings. The standard InChI is InChI=1S/C51H30O/c1-3-19-40-38(17-1)49(31-26-28-48-42(29-31)37-16-8-12-24-47(37)52-48)39-18-2-4-20-41(39)50(40)32-25-27-36-35-15-7-11-23-45(35)51(46(36)30-32)43-21-9-5-13-33(43)34-14-6-10-22-44(34)51/h1-30H. The molecule has 1 heteroatoms. The zero-order valence-electron chi connectivity index (χ0n) is 28.2. The van der Waals surface area contributed by atoms with Crippen molar-refractivity contribution in [2.45, 2.75) is 5.41 Å². The summed E-state index contributed by atoms with van der Waals surface area (Å²) in [5.41, 5.74) is 17.2. The Balaban J connectivity index is 1.16. The van der Waals surface area contributed by atoms with E-state index in [1.165, 1.54) is 88.3 Å². The smallest absolute Gasteiger partial charge is 0.135 e. The molecule has 0 fully saturated rings. The van der Waals surface area contributed by atoms with Gasteiger partial charge in [0.15, 0.2) is 0 Å². The van der Waals surface area contributed by atoms with Crippen LogP contribution in [0.4, 0.5) is 0 Å². The van der Waals surface area contributed by atoms with Crippen LogP contribution in [-0.2, 0) is 5.41 Å². The van der Waals surface area contributed by atoms with Crippen LogP contribution in [0.2, 0.25) is 0 Å². The Kier molecular flexibility index (Phi) is 5.49. The van der Waals surface area contributed by atoms with Crippen LogP contribution >= 0.6 is 0 Å². The first-order valence-electron chi connectivity index (χ1n) is 18.1. The molecule has 0 radical (unpaired) electrons. The third kappa shape index (κ3) is 3.48. The molecule has 2 aliphatic rings. The third-order valence-corrected chi connectivity index (χ3v) is 11.9. The van der Waals surface area contributed by atoms with Gasteiger partial charge in [-0.05, 0) is 113 Å². The summed E-state index contributed by atoms with van der Waals surface area (Å²) in [7, 11) is 0. The molecule has 1 aromatic heterocycles. The molecular formula is C51H30O. The van der Waals surface area contributed by atoms with Gasteiger partial charge in [-0.2, -0.15) is 0 Å². The number of hydrogen-bond donors (Lipinski definition) is 0. The first-order valence-corrected chi connectivity index (χ1v) is 18.1. The van der Waals surface area contributed by atoms with E-state index < -0.39 is 0 Å². The Morgan fingerprint density at radius 2 is 0.692 bits per heavy atom. The van der Waals surface area contributed by atoms with Crippen LogP contribution in [0, 0.1) is 0 Å². The quantitative estimate of drug-likeness (QED) is 0.169. The van der Waals surface area contributed by atoms with Crippen LogP contribution in [0.15, 0.2) is 186 Å². The Hall–Kier alpha value is -6.70. The van der Waals surface area contributed by atoms with Gasteiger partial charge in [-0.1, -0.05) is 158 Å². The molecule has 52 heavy (non-hydrogen) atoms. The predicted molar refractivity (Wildman–Crippen MR) is 216 cm³/mol. The molecule has 1 nitrogen and oxygen atoms in total. The summed E-state index contributed by atoms with van der Waals surface area (Å²) < 4.78 is 6.24. The fourth-order valence-electron chi connectivity index (χ4n) is 9.88. The maximum Gasteiger partial charge on any atom is 0.135 e. The average molecular weight is 659 g/mol. The van der Waals surface area contributed by atoms with E-state index in [0.29, 0.717) is 0 Å². The Morgan fingerprint density at radius 1 is 0.288 bits per heavy atom. The molecule has 12 rings (SSSR count). The van der Waals surface area contributed by atoms with Crippen molar-refractivity contribution >= 4 is 43.5 Å². The van der Waals surface area contributed by atoms with E-state index in [2.05, 4.69) is 176 Å². The van der Waals surface area contributed by atoms with E-state index in [9.17, 15) is 0 Å². The van der Waals surface area contributed by atoms with Crippen molar-refractivity contribution in [3.05, 3.63) is 204 Å². The van der Waals surface area contributed by atoms with Crippen molar-refractivity contribution in [3.63, 3.8) is 0 Å². The van der Waals surface area contributed by atoms with E-state index in [-0.39, 0.29) is 5.41 Å². The van der Waals surface area contributed by atoms with Gasteiger partial charge < -0.3 is 4.42 Å². The Labute approximate surface area is 301 Å². The first kappa shape index (κ1) is 28.0. The largest absolute Gasteiger partial charge is 0.456 e. The van der Waals surface area contributed by atoms with Crippen LogP contribution in [0.5, 0.6) is 0 Å². The maximum atomic E-state index is 6.24. The number of rotatable bonds is 2. The van der Waals surface area contributed by atoms with E-state index in [1.54, 1.807) is 0 Å². The van der Waals surface area contributed by atoms with Crippen LogP contribution in [0.1, 0.15) is 22.3 Å². The lowest BCUT2D eigenvalue weighted by Crippen LogP contribution is -2.25.